The minimum atomic E-state index is -1.07. The summed E-state index contributed by atoms with van der Waals surface area (Å²) in [5.41, 5.74) is 2.56. The summed E-state index contributed by atoms with van der Waals surface area (Å²) in [4.78, 5) is 30.0. The van der Waals surface area contributed by atoms with Crippen LogP contribution < -0.4 is 0 Å². The molecule has 0 spiro atoms. The minimum absolute atomic E-state index is 0.0228. The van der Waals surface area contributed by atoms with E-state index < -0.39 is 5.97 Å². The zero-order chi connectivity index (χ0) is 19.2. The highest BCUT2D eigenvalue weighted by Crippen LogP contribution is 2.16. The average molecular weight is 368 g/mol. The molecule has 0 radical (unpaired) electrons. The summed E-state index contributed by atoms with van der Waals surface area (Å²) >= 11 is 0. The van der Waals surface area contributed by atoms with Gasteiger partial charge in [-0.25, -0.2) is 4.79 Å². The number of nitrogens with zero attached hydrogens (tertiary/aromatic N) is 2. The first-order chi connectivity index (χ1) is 13.0. The number of benzene rings is 1. The summed E-state index contributed by atoms with van der Waals surface area (Å²) in [6, 6.07) is 11.0. The van der Waals surface area contributed by atoms with Crippen LogP contribution in [0.5, 0.6) is 0 Å². The average Bonchev–Trinajstić information content (AvgIpc) is 3.19. The van der Waals surface area contributed by atoms with Crippen molar-refractivity contribution in [3.63, 3.8) is 0 Å². The van der Waals surface area contributed by atoms with Crippen LogP contribution in [0.2, 0.25) is 0 Å². The SMILES string of the molecule is Cc1ccc(CCN(CC2CCCO2)C(=O)c2cc(C(=O)O)ccn2)cc1. The molecule has 1 saturated heterocycles. The molecule has 3 rings (SSSR count). The van der Waals surface area contributed by atoms with E-state index in [1.165, 1.54) is 23.9 Å². The molecule has 1 N–H and O–H groups in total. The van der Waals surface area contributed by atoms with E-state index >= 15 is 0 Å². The molecular weight excluding hydrogens is 344 g/mol. The van der Waals surface area contributed by atoms with Gasteiger partial charge in [0.15, 0.2) is 0 Å². The number of pyridine rings is 1. The van der Waals surface area contributed by atoms with E-state index in [-0.39, 0.29) is 23.3 Å². The topological polar surface area (TPSA) is 79.7 Å². The molecule has 1 aliphatic rings. The van der Waals surface area contributed by atoms with Gasteiger partial charge >= 0.3 is 5.97 Å². The van der Waals surface area contributed by atoms with Crippen LogP contribution in [0.15, 0.2) is 42.6 Å². The lowest BCUT2D eigenvalue weighted by Crippen LogP contribution is -2.39. The first-order valence-electron chi connectivity index (χ1n) is 9.18. The minimum Gasteiger partial charge on any atom is -0.478 e. The Morgan fingerprint density at radius 1 is 1.26 bits per heavy atom. The smallest absolute Gasteiger partial charge is 0.335 e. The largest absolute Gasteiger partial charge is 0.478 e. The fourth-order valence-corrected chi connectivity index (χ4v) is 3.17. The number of hydrogen-bond donors (Lipinski definition) is 1. The Morgan fingerprint density at radius 3 is 2.70 bits per heavy atom. The number of rotatable bonds is 7. The third kappa shape index (κ3) is 5.14. The van der Waals surface area contributed by atoms with E-state index in [1.807, 2.05) is 6.92 Å². The second-order valence-electron chi connectivity index (χ2n) is 6.86. The van der Waals surface area contributed by atoms with Crippen molar-refractivity contribution in [1.29, 1.82) is 0 Å². The van der Waals surface area contributed by atoms with Crippen LogP contribution in [0.3, 0.4) is 0 Å². The fourth-order valence-electron chi connectivity index (χ4n) is 3.17. The van der Waals surface area contributed by atoms with Gasteiger partial charge in [0.1, 0.15) is 5.69 Å². The highest BCUT2D eigenvalue weighted by atomic mass is 16.5. The summed E-state index contributed by atoms with van der Waals surface area (Å²) in [5, 5.41) is 9.16. The van der Waals surface area contributed by atoms with Gasteiger partial charge in [-0.2, -0.15) is 0 Å². The number of aromatic nitrogens is 1. The Balaban J connectivity index is 1.75. The number of hydrogen-bond acceptors (Lipinski definition) is 4. The van der Waals surface area contributed by atoms with E-state index in [4.69, 9.17) is 9.84 Å². The van der Waals surface area contributed by atoms with Gasteiger partial charge in [0.05, 0.1) is 11.7 Å². The maximum atomic E-state index is 13.0. The molecule has 0 bridgehead atoms. The Labute approximate surface area is 158 Å². The Kier molecular flexibility index (Phi) is 6.19. The van der Waals surface area contributed by atoms with E-state index in [0.717, 1.165) is 31.4 Å². The lowest BCUT2D eigenvalue weighted by molar-refractivity contribution is 0.0524. The Hall–Kier alpha value is -2.73. The van der Waals surface area contributed by atoms with Crippen molar-refractivity contribution in [2.75, 3.05) is 19.7 Å². The monoisotopic (exact) mass is 368 g/mol. The molecule has 142 valence electrons. The van der Waals surface area contributed by atoms with E-state index in [1.54, 1.807) is 4.90 Å². The van der Waals surface area contributed by atoms with Crippen LogP contribution in [0.1, 0.15) is 44.8 Å². The predicted octanol–water partition coefficient (Wildman–Crippen LogP) is 2.95. The molecule has 2 aromatic rings. The maximum Gasteiger partial charge on any atom is 0.335 e. The molecule has 6 heteroatoms. The summed E-state index contributed by atoms with van der Waals surface area (Å²) < 4.78 is 5.69. The van der Waals surface area contributed by atoms with Crippen molar-refractivity contribution in [1.82, 2.24) is 9.88 Å². The van der Waals surface area contributed by atoms with Gasteiger partial charge in [-0.3, -0.25) is 9.78 Å². The molecule has 1 amide bonds. The molecule has 27 heavy (non-hydrogen) atoms. The van der Waals surface area contributed by atoms with Crippen molar-refractivity contribution >= 4 is 11.9 Å². The van der Waals surface area contributed by atoms with Gasteiger partial charge in [0.2, 0.25) is 0 Å². The van der Waals surface area contributed by atoms with E-state index in [2.05, 4.69) is 29.2 Å². The lowest BCUT2D eigenvalue weighted by atomic mass is 10.1. The van der Waals surface area contributed by atoms with Crippen molar-refractivity contribution in [3.05, 3.63) is 65.0 Å². The number of carbonyl (C=O) groups is 2. The van der Waals surface area contributed by atoms with Crippen molar-refractivity contribution in [2.45, 2.75) is 32.3 Å². The highest BCUT2D eigenvalue weighted by molar-refractivity contribution is 5.95. The third-order valence-electron chi connectivity index (χ3n) is 4.75. The number of ether oxygens (including phenoxy) is 1. The zero-order valence-corrected chi connectivity index (χ0v) is 15.4. The van der Waals surface area contributed by atoms with Gasteiger partial charge in [-0.1, -0.05) is 29.8 Å². The van der Waals surface area contributed by atoms with Crippen molar-refractivity contribution < 1.29 is 19.4 Å². The molecule has 1 aromatic heterocycles. The normalized spacial score (nSPS) is 16.3. The first kappa shape index (κ1) is 19.0. The molecule has 2 heterocycles. The first-order valence-corrected chi connectivity index (χ1v) is 9.18. The molecule has 1 aliphatic heterocycles. The van der Waals surface area contributed by atoms with Crippen LogP contribution in [0, 0.1) is 6.92 Å². The predicted molar refractivity (Wildman–Crippen MR) is 101 cm³/mol. The van der Waals surface area contributed by atoms with Gasteiger partial charge in [-0.15, -0.1) is 0 Å². The van der Waals surface area contributed by atoms with Crippen LogP contribution in [-0.4, -0.2) is 52.7 Å². The van der Waals surface area contributed by atoms with Crippen LogP contribution in [0.25, 0.3) is 0 Å². The second kappa shape index (κ2) is 8.77. The van der Waals surface area contributed by atoms with Crippen LogP contribution in [0.4, 0.5) is 0 Å². The third-order valence-corrected chi connectivity index (χ3v) is 4.75. The molecule has 6 nitrogen and oxygen atoms in total. The quantitative estimate of drug-likeness (QED) is 0.813. The summed E-state index contributed by atoms with van der Waals surface area (Å²) in [5.74, 6) is -1.34. The summed E-state index contributed by atoms with van der Waals surface area (Å²) in [6.45, 7) is 3.78. The molecule has 1 aromatic carbocycles. The molecular formula is C21H24N2O4. The second-order valence-corrected chi connectivity index (χ2v) is 6.86. The lowest BCUT2D eigenvalue weighted by Gasteiger charge is -2.25. The zero-order valence-electron chi connectivity index (χ0n) is 15.4. The van der Waals surface area contributed by atoms with Gasteiger partial charge in [0.25, 0.3) is 5.91 Å². The summed E-state index contributed by atoms with van der Waals surface area (Å²) in [7, 11) is 0. The summed E-state index contributed by atoms with van der Waals surface area (Å²) in [6.07, 6.45) is 4.03. The molecule has 1 atom stereocenters. The molecule has 1 fully saturated rings. The number of carboxylic acids is 1. The van der Waals surface area contributed by atoms with Crippen molar-refractivity contribution in [3.8, 4) is 0 Å². The van der Waals surface area contributed by atoms with Gasteiger partial charge in [0, 0.05) is 25.9 Å². The molecule has 1 unspecified atom stereocenters. The maximum absolute atomic E-state index is 13.0. The number of aryl methyl sites for hydroxylation is 1. The van der Waals surface area contributed by atoms with Crippen LogP contribution in [-0.2, 0) is 11.2 Å². The molecule has 0 aliphatic carbocycles. The van der Waals surface area contributed by atoms with Gasteiger partial charge in [-0.05, 0) is 43.9 Å². The Morgan fingerprint density at radius 2 is 2.04 bits per heavy atom. The van der Waals surface area contributed by atoms with E-state index in [9.17, 15) is 9.59 Å². The number of aromatic carboxylic acids is 1. The Bertz CT molecular complexity index is 798. The van der Waals surface area contributed by atoms with E-state index in [0.29, 0.717) is 13.1 Å². The number of carbonyl (C=O) groups excluding carboxylic acids is 1. The molecule has 0 saturated carbocycles. The van der Waals surface area contributed by atoms with Gasteiger partial charge < -0.3 is 14.7 Å². The highest BCUT2D eigenvalue weighted by Gasteiger charge is 2.24. The fraction of sp³-hybridized carbons (Fsp3) is 0.381. The van der Waals surface area contributed by atoms with Crippen molar-refractivity contribution in [2.24, 2.45) is 0 Å². The standard InChI is InChI=1S/C21H24N2O4/c1-15-4-6-16(7-5-15)9-11-23(14-18-3-2-12-27-18)20(24)19-13-17(21(25)26)8-10-22-19/h4-8,10,13,18H,2-3,9,11-12,14H2,1H3,(H,25,26). The van der Waals surface area contributed by atoms with Crippen LogP contribution >= 0.6 is 0 Å². The number of amides is 1. The number of carboxylic acid groups (broad SMARTS) is 1.